The number of rotatable bonds is 7. The normalized spacial score (nSPS) is 16.9. The van der Waals surface area contributed by atoms with Gasteiger partial charge in [-0.25, -0.2) is 12.7 Å². The van der Waals surface area contributed by atoms with E-state index in [1.807, 2.05) is 38.1 Å². The number of amides is 1. The molecular formula is C24H32N2O3S. The first-order chi connectivity index (χ1) is 14.3. The molecule has 1 N–H and O–H groups in total. The fourth-order valence-electron chi connectivity index (χ4n) is 3.84. The Morgan fingerprint density at radius 1 is 1.03 bits per heavy atom. The first kappa shape index (κ1) is 22.5. The largest absolute Gasteiger partial charge is 0.349 e. The molecule has 0 spiro atoms. The van der Waals surface area contributed by atoms with Crippen LogP contribution in [-0.4, -0.2) is 31.7 Å². The fourth-order valence-corrected chi connectivity index (χ4v) is 5.40. The minimum Gasteiger partial charge on any atom is -0.349 e. The van der Waals surface area contributed by atoms with Gasteiger partial charge in [0.15, 0.2) is 0 Å². The van der Waals surface area contributed by atoms with Crippen molar-refractivity contribution in [3.8, 4) is 0 Å². The molecule has 5 nitrogen and oxygen atoms in total. The number of nitrogens with one attached hydrogen (secondary N) is 1. The highest BCUT2D eigenvalue weighted by molar-refractivity contribution is 7.88. The molecule has 0 saturated carbocycles. The van der Waals surface area contributed by atoms with Crippen molar-refractivity contribution in [2.75, 3.05) is 13.1 Å². The van der Waals surface area contributed by atoms with Gasteiger partial charge in [0, 0.05) is 19.0 Å². The van der Waals surface area contributed by atoms with Crippen LogP contribution in [0.1, 0.15) is 55.0 Å². The quantitative estimate of drug-likeness (QED) is 0.725. The summed E-state index contributed by atoms with van der Waals surface area (Å²) in [6.45, 7) is 6.88. The Kier molecular flexibility index (Phi) is 7.32. The van der Waals surface area contributed by atoms with Gasteiger partial charge in [-0.1, -0.05) is 61.0 Å². The Bertz CT molecular complexity index is 945. The number of aryl methyl sites for hydroxylation is 2. The third kappa shape index (κ3) is 5.70. The lowest BCUT2D eigenvalue weighted by Gasteiger charge is -2.31. The molecule has 1 aliphatic rings. The van der Waals surface area contributed by atoms with E-state index in [0.29, 0.717) is 25.9 Å². The van der Waals surface area contributed by atoms with Gasteiger partial charge in [-0.05, 0) is 49.8 Å². The van der Waals surface area contributed by atoms with Crippen LogP contribution in [-0.2, 0) is 27.0 Å². The van der Waals surface area contributed by atoms with Crippen molar-refractivity contribution in [1.29, 1.82) is 0 Å². The van der Waals surface area contributed by atoms with E-state index >= 15 is 0 Å². The van der Waals surface area contributed by atoms with Crippen LogP contribution in [0.2, 0.25) is 0 Å². The third-order valence-corrected chi connectivity index (χ3v) is 7.78. The van der Waals surface area contributed by atoms with Crippen molar-refractivity contribution in [2.45, 2.75) is 51.8 Å². The van der Waals surface area contributed by atoms with Crippen molar-refractivity contribution in [3.63, 3.8) is 0 Å². The maximum absolute atomic E-state index is 12.8. The lowest BCUT2D eigenvalue weighted by atomic mass is 9.96. The first-order valence-electron chi connectivity index (χ1n) is 10.7. The lowest BCUT2D eigenvalue weighted by molar-refractivity contribution is -0.126. The molecule has 1 saturated heterocycles. The van der Waals surface area contributed by atoms with E-state index in [9.17, 15) is 13.2 Å². The van der Waals surface area contributed by atoms with E-state index in [0.717, 1.165) is 23.1 Å². The second-order valence-corrected chi connectivity index (χ2v) is 10.2. The van der Waals surface area contributed by atoms with Gasteiger partial charge in [-0.15, -0.1) is 0 Å². The Balaban J connectivity index is 1.52. The highest BCUT2D eigenvalue weighted by Gasteiger charge is 2.31. The number of hydrogen-bond acceptors (Lipinski definition) is 3. The molecule has 3 rings (SSSR count). The van der Waals surface area contributed by atoms with E-state index in [-0.39, 0.29) is 23.6 Å². The number of carbonyl (C=O) groups excluding carboxylic acids is 1. The maximum Gasteiger partial charge on any atom is 0.223 e. The van der Waals surface area contributed by atoms with Crippen LogP contribution in [0.15, 0.2) is 48.5 Å². The zero-order chi connectivity index (χ0) is 21.7. The minimum absolute atomic E-state index is 0.00886. The molecule has 1 fully saturated rings. The lowest BCUT2D eigenvalue weighted by Crippen LogP contribution is -2.43. The van der Waals surface area contributed by atoms with E-state index in [1.165, 1.54) is 9.87 Å². The summed E-state index contributed by atoms with van der Waals surface area (Å²) in [5.74, 6) is -0.125. The molecule has 0 radical (unpaired) electrons. The number of hydrogen-bond donors (Lipinski definition) is 1. The maximum atomic E-state index is 12.8. The Morgan fingerprint density at radius 3 is 2.17 bits per heavy atom. The zero-order valence-electron chi connectivity index (χ0n) is 18.1. The van der Waals surface area contributed by atoms with Crippen molar-refractivity contribution in [3.05, 3.63) is 70.8 Å². The summed E-state index contributed by atoms with van der Waals surface area (Å²) in [6, 6.07) is 15.8. The molecule has 1 heterocycles. The van der Waals surface area contributed by atoms with Gasteiger partial charge in [0.25, 0.3) is 0 Å². The monoisotopic (exact) mass is 428 g/mol. The smallest absolute Gasteiger partial charge is 0.223 e. The molecule has 2 aromatic rings. The second kappa shape index (κ2) is 9.75. The summed E-state index contributed by atoms with van der Waals surface area (Å²) in [4.78, 5) is 12.7. The fraction of sp³-hybridized carbons (Fsp3) is 0.458. The van der Waals surface area contributed by atoms with Crippen LogP contribution in [0, 0.1) is 12.8 Å². The second-order valence-electron chi connectivity index (χ2n) is 8.24. The minimum atomic E-state index is -3.37. The van der Waals surface area contributed by atoms with Gasteiger partial charge in [0.1, 0.15) is 0 Å². The van der Waals surface area contributed by atoms with Gasteiger partial charge in [0.05, 0.1) is 11.8 Å². The molecule has 30 heavy (non-hydrogen) atoms. The molecule has 0 aromatic heterocycles. The van der Waals surface area contributed by atoms with Crippen molar-refractivity contribution < 1.29 is 13.2 Å². The Hall–Kier alpha value is -2.18. The molecule has 162 valence electrons. The molecule has 6 heteroatoms. The van der Waals surface area contributed by atoms with E-state index < -0.39 is 10.0 Å². The average molecular weight is 429 g/mol. The number of piperidine rings is 1. The molecule has 2 aromatic carbocycles. The topological polar surface area (TPSA) is 66.5 Å². The third-order valence-electron chi connectivity index (χ3n) is 5.93. The predicted octanol–water partition coefficient (Wildman–Crippen LogP) is 3.98. The summed E-state index contributed by atoms with van der Waals surface area (Å²) < 4.78 is 27.0. The number of nitrogens with zero attached hydrogens (tertiary/aromatic N) is 1. The molecule has 1 atom stereocenters. The summed E-state index contributed by atoms with van der Waals surface area (Å²) in [5, 5.41) is 3.10. The molecule has 0 aliphatic carbocycles. The van der Waals surface area contributed by atoms with Crippen molar-refractivity contribution in [1.82, 2.24) is 9.62 Å². The van der Waals surface area contributed by atoms with Gasteiger partial charge in [-0.2, -0.15) is 0 Å². The van der Waals surface area contributed by atoms with Crippen LogP contribution >= 0.6 is 0 Å². The number of carbonyl (C=O) groups is 1. The van der Waals surface area contributed by atoms with E-state index in [4.69, 9.17) is 0 Å². The van der Waals surface area contributed by atoms with Crippen molar-refractivity contribution >= 4 is 15.9 Å². The highest BCUT2D eigenvalue weighted by Crippen LogP contribution is 2.23. The van der Waals surface area contributed by atoms with Crippen LogP contribution < -0.4 is 5.32 Å². The summed E-state index contributed by atoms with van der Waals surface area (Å²) in [7, 11) is -3.37. The number of benzene rings is 2. The Morgan fingerprint density at radius 2 is 1.60 bits per heavy atom. The zero-order valence-corrected chi connectivity index (χ0v) is 18.9. The van der Waals surface area contributed by atoms with Gasteiger partial charge in [-0.3, -0.25) is 4.79 Å². The molecule has 1 aliphatic heterocycles. The van der Waals surface area contributed by atoms with Gasteiger partial charge >= 0.3 is 0 Å². The number of sulfonamides is 1. The van der Waals surface area contributed by atoms with Crippen molar-refractivity contribution in [2.24, 2.45) is 5.92 Å². The van der Waals surface area contributed by atoms with Crippen LogP contribution in [0.4, 0.5) is 0 Å². The predicted molar refractivity (Wildman–Crippen MR) is 120 cm³/mol. The van der Waals surface area contributed by atoms with Gasteiger partial charge in [0.2, 0.25) is 15.9 Å². The first-order valence-corrected chi connectivity index (χ1v) is 12.3. The summed E-state index contributed by atoms with van der Waals surface area (Å²) in [5.41, 5.74) is 4.26. The van der Waals surface area contributed by atoms with E-state index in [2.05, 4.69) is 36.5 Å². The molecule has 1 amide bonds. The van der Waals surface area contributed by atoms with E-state index in [1.54, 1.807) is 0 Å². The van der Waals surface area contributed by atoms with Crippen LogP contribution in [0.5, 0.6) is 0 Å². The average Bonchev–Trinajstić information content (AvgIpc) is 2.75. The standard InChI is InChI=1S/C24H32N2O3S/c1-4-20-9-11-22(12-10-20)19(3)25-24(27)23-13-15-26(16-14-23)30(28,29)17-21-7-5-18(2)6-8-21/h5-12,19,23H,4,13-17H2,1-3H3,(H,25,27). The molecule has 0 bridgehead atoms. The Labute approximate surface area is 180 Å². The van der Waals surface area contributed by atoms with Gasteiger partial charge < -0.3 is 5.32 Å². The van der Waals surface area contributed by atoms with Crippen LogP contribution in [0.25, 0.3) is 0 Å². The molecular weight excluding hydrogens is 396 g/mol. The summed E-state index contributed by atoms with van der Waals surface area (Å²) in [6.07, 6.45) is 2.10. The van der Waals surface area contributed by atoms with Crippen LogP contribution in [0.3, 0.4) is 0 Å². The SMILES string of the molecule is CCc1ccc(C(C)NC(=O)C2CCN(S(=O)(=O)Cc3ccc(C)cc3)CC2)cc1. The summed E-state index contributed by atoms with van der Waals surface area (Å²) >= 11 is 0. The molecule has 1 unspecified atom stereocenters. The highest BCUT2D eigenvalue weighted by atomic mass is 32.2.